The highest BCUT2D eigenvalue weighted by atomic mass is 16.5. The Morgan fingerprint density at radius 2 is 2.00 bits per heavy atom. The Hall–Kier alpha value is -1.06. The second-order valence-electron chi connectivity index (χ2n) is 3.09. The van der Waals surface area contributed by atoms with Gasteiger partial charge in [-0.2, -0.15) is 0 Å². The molecule has 1 amide bonds. The summed E-state index contributed by atoms with van der Waals surface area (Å²) in [7, 11) is 1.32. The van der Waals surface area contributed by atoms with Gasteiger partial charge in [0.25, 0.3) is 0 Å². The van der Waals surface area contributed by atoms with Crippen LogP contribution in [0.4, 0.5) is 0 Å². The fourth-order valence-corrected chi connectivity index (χ4v) is 1.02. The van der Waals surface area contributed by atoms with Crippen LogP contribution in [0.25, 0.3) is 0 Å². The Morgan fingerprint density at radius 1 is 1.46 bits per heavy atom. The number of carbonyl (C=O) groups is 2. The molecule has 1 N–H and O–H groups in total. The van der Waals surface area contributed by atoms with E-state index in [1.165, 1.54) is 14.0 Å². The largest absolute Gasteiger partial charge is 0.467 e. The van der Waals surface area contributed by atoms with Crippen molar-refractivity contribution in [3.8, 4) is 0 Å². The summed E-state index contributed by atoms with van der Waals surface area (Å²) < 4.78 is 4.58. The number of hydrogen-bond donors (Lipinski definition) is 1. The van der Waals surface area contributed by atoms with E-state index in [9.17, 15) is 9.59 Å². The molecule has 4 nitrogen and oxygen atoms in total. The first-order valence-electron chi connectivity index (χ1n) is 4.37. The molecule has 0 aliphatic heterocycles. The maximum Gasteiger partial charge on any atom is 0.328 e. The summed E-state index contributed by atoms with van der Waals surface area (Å²) in [6.45, 7) is 5.25. The van der Waals surface area contributed by atoms with E-state index in [1.807, 2.05) is 13.8 Å². The molecule has 0 aliphatic carbocycles. The molecule has 0 spiro atoms. The lowest BCUT2D eigenvalue weighted by atomic mass is 9.99. The molecular formula is C9H17NO3. The zero-order valence-electron chi connectivity index (χ0n) is 8.59. The Labute approximate surface area is 78.6 Å². The normalized spacial score (nSPS) is 14.5. The highest BCUT2D eigenvalue weighted by Crippen LogP contribution is 2.08. The predicted molar refractivity (Wildman–Crippen MR) is 49.1 cm³/mol. The summed E-state index contributed by atoms with van der Waals surface area (Å²) in [6.07, 6.45) is 0.819. The summed E-state index contributed by atoms with van der Waals surface area (Å²) >= 11 is 0. The van der Waals surface area contributed by atoms with E-state index in [-0.39, 0.29) is 17.8 Å². The van der Waals surface area contributed by atoms with Gasteiger partial charge >= 0.3 is 5.97 Å². The van der Waals surface area contributed by atoms with Crippen LogP contribution in [0.3, 0.4) is 0 Å². The molecule has 0 fully saturated rings. The Balaban J connectivity index is 4.35. The van der Waals surface area contributed by atoms with Gasteiger partial charge in [-0.25, -0.2) is 4.79 Å². The molecule has 13 heavy (non-hydrogen) atoms. The van der Waals surface area contributed by atoms with Gasteiger partial charge in [-0.05, 0) is 5.92 Å². The van der Waals surface area contributed by atoms with Crippen molar-refractivity contribution in [2.24, 2.45) is 5.92 Å². The van der Waals surface area contributed by atoms with Crippen LogP contribution in [0, 0.1) is 5.92 Å². The Kier molecular flexibility index (Phi) is 5.11. The lowest BCUT2D eigenvalue weighted by molar-refractivity contribution is -0.146. The van der Waals surface area contributed by atoms with Crippen molar-refractivity contribution in [3.63, 3.8) is 0 Å². The fourth-order valence-electron chi connectivity index (χ4n) is 1.02. The number of ether oxygens (including phenoxy) is 1. The smallest absolute Gasteiger partial charge is 0.328 e. The van der Waals surface area contributed by atoms with Crippen LogP contribution >= 0.6 is 0 Å². The number of amides is 1. The number of rotatable bonds is 4. The second-order valence-corrected chi connectivity index (χ2v) is 3.09. The van der Waals surface area contributed by atoms with E-state index < -0.39 is 6.04 Å². The number of nitrogens with one attached hydrogen (secondary N) is 1. The van der Waals surface area contributed by atoms with Gasteiger partial charge in [0, 0.05) is 6.92 Å². The molecule has 76 valence electrons. The average molecular weight is 187 g/mol. The van der Waals surface area contributed by atoms with Gasteiger partial charge in [0.05, 0.1) is 7.11 Å². The minimum atomic E-state index is -0.521. The van der Waals surface area contributed by atoms with E-state index in [0.29, 0.717) is 0 Å². The van der Waals surface area contributed by atoms with E-state index in [2.05, 4.69) is 10.1 Å². The summed E-state index contributed by atoms with van der Waals surface area (Å²) in [5, 5.41) is 2.57. The van der Waals surface area contributed by atoms with E-state index in [1.54, 1.807) is 0 Å². The highest BCUT2D eigenvalue weighted by Gasteiger charge is 2.25. The predicted octanol–water partition coefficient (Wildman–Crippen LogP) is 0.710. The van der Waals surface area contributed by atoms with Crippen LogP contribution in [0.5, 0.6) is 0 Å². The van der Waals surface area contributed by atoms with Gasteiger partial charge < -0.3 is 10.1 Å². The summed E-state index contributed by atoms with van der Waals surface area (Å²) in [4.78, 5) is 22.0. The number of esters is 1. The van der Waals surface area contributed by atoms with Gasteiger partial charge in [-0.1, -0.05) is 20.3 Å². The topological polar surface area (TPSA) is 55.4 Å². The van der Waals surface area contributed by atoms with Crippen molar-refractivity contribution in [2.45, 2.75) is 33.2 Å². The Morgan fingerprint density at radius 3 is 2.31 bits per heavy atom. The summed E-state index contributed by atoms with van der Waals surface area (Å²) in [5.41, 5.74) is 0. The van der Waals surface area contributed by atoms with Gasteiger partial charge in [-0.3, -0.25) is 4.79 Å². The molecule has 4 heteroatoms. The van der Waals surface area contributed by atoms with Crippen LogP contribution < -0.4 is 5.32 Å². The first-order valence-corrected chi connectivity index (χ1v) is 4.37. The lowest BCUT2D eigenvalue weighted by Crippen LogP contribution is -2.44. The van der Waals surface area contributed by atoms with E-state index in [0.717, 1.165) is 6.42 Å². The summed E-state index contributed by atoms with van der Waals surface area (Å²) in [6, 6.07) is -0.521. The molecule has 0 unspecified atom stereocenters. The zero-order chi connectivity index (χ0) is 10.4. The number of carbonyl (C=O) groups excluding carboxylic acids is 2. The van der Waals surface area contributed by atoms with Crippen LogP contribution in [0.15, 0.2) is 0 Å². The lowest BCUT2D eigenvalue weighted by Gasteiger charge is -2.20. The molecular weight excluding hydrogens is 170 g/mol. The van der Waals surface area contributed by atoms with Crippen molar-refractivity contribution >= 4 is 11.9 Å². The third-order valence-electron chi connectivity index (χ3n) is 2.03. The van der Waals surface area contributed by atoms with Gasteiger partial charge in [0.1, 0.15) is 6.04 Å². The van der Waals surface area contributed by atoms with Crippen LogP contribution in [-0.4, -0.2) is 25.0 Å². The molecule has 0 aliphatic rings. The quantitative estimate of drug-likeness (QED) is 0.659. The first-order chi connectivity index (χ1) is 6.02. The maximum absolute atomic E-state index is 11.2. The minimum Gasteiger partial charge on any atom is -0.467 e. The van der Waals surface area contributed by atoms with Gasteiger partial charge in [0.15, 0.2) is 0 Å². The fraction of sp³-hybridized carbons (Fsp3) is 0.778. The number of hydrogen-bond acceptors (Lipinski definition) is 3. The van der Waals surface area contributed by atoms with Crippen molar-refractivity contribution < 1.29 is 14.3 Å². The van der Waals surface area contributed by atoms with Crippen molar-refractivity contribution in [1.82, 2.24) is 5.32 Å². The second kappa shape index (κ2) is 5.56. The Bertz CT molecular complexity index is 191. The molecule has 0 radical (unpaired) electrons. The van der Waals surface area contributed by atoms with E-state index in [4.69, 9.17) is 0 Å². The average Bonchev–Trinajstić information content (AvgIpc) is 2.11. The van der Waals surface area contributed by atoms with Crippen molar-refractivity contribution in [3.05, 3.63) is 0 Å². The maximum atomic E-state index is 11.2. The van der Waals surface area contributed by atoms with E-state index >= 15 is 0 Å². The molecule has 0 aromatic carbocycles. The molecule has 0 saturated heterocycles. The summed E-state index contributed by atoms with van der Waals surface area (Å²) in [5.74, 6) is -0.503. The monoisotopic (exact) mass is 187 g/mol. The standard InChI is InChI=1S/C9H17NO3/c1-5-6(2)8(9(12)13-4)10-7(3)11/h6,8H,5H2,1-4H3,(H,10,11)/t6-,8-/m0/s1. The van der Waals surface area contributed by atoms with Crippen molar-refractivity contribution in [1.29, 1.82) is 0 Å². The SMILES string of the molecule is CC[C@H](C)[C@H](NC(C)=O)C(=O)OC. The van der Waals surface area contributed by atoms with Crippen molar-refractivity contribution in [2.75, 3.05) is 7.11 Å². The third kappa shape index (κ3) is 3.92. The molecule has 0 heterocycles. The molecule has 0 bridgehead atoms. The first kappa shape index (κ1) is 11.9. The molecule has 0 saturated carbocycles. The minimum absolute atomic E-state index is 0.0938. The zero-order valence-corrected chi connectivity index (χ0v) is 8.59. The molecule has 2 atom stereocenters. The molecule has 0 aromatic heterocycles. The van der Waals surface area contributed by atoms with Crippen LogP contribution in [-0.2, 0) is 14.3 Å². The molecule has 0 aromatic rings. The van der Waals surface area contributed by atoms with Gasteiger partial charge in [-0.15, -0.1) is 0 Å². The third-order valence-corrected chi connectivity index (χ3v) is 2.03. The number of methoxy groups -OCH3 is 1. The van der Waals surface area contributed by atoms with Crippen LogP contribution in [0.1, 0.15) is 27.2 Å². The van der Waals surface area contributed by atoms with Gasteiger partial charge in [0.2, 0.25) is 5.91 Å². The van der Waals surface area contributed by atoms with Crippen LogP contribution in [0.2, 0.25) is 0 Å². The molecule has 0 rings (SSSR count). The highest BCUT2D eigenvalue weighted by molar-refractivity contribution is 5.83.